The fourth-order valence-corrected chi connectivity index (χ4v) is 5.74. The molecule has 7 nitrogen and oxygen atoms in total. The smallest absolute Gasteiger partial charge is 0.308 e. The fraction of sp³-hybridized carbons (Fsp3) is 0.300. The second kappa shape index (κ2) is 7.64. The van der Waals surface area contributed by atoms with E-state index in [1.54, 1.807) is 39.8 Å². The lowest BCUT2D eigenvalue weighted by Crippen LogP contribution is -2.28. The molecule has 2 heterocycles. The molecule has 0 bridgehead atoms. The van der Waals surface area contributed by atoms with Crippen molar-refractivity contribution in [1.82, 2.24) is 9.47 Å². The molecule has 0 radical (unpaired) electrons. The van der Waals surface area contributed by atoms with E-state index in [1.807, 2.05) is 6.92 Å². The number of fused-ring (bicyclic) bond motifs is 1. The standard InChI is InChI=1S/C20H21N3O4S2/c1-2-23-17-10-9-14(13-18(17)28-20(23)25)29(26,27)21-16-8-4-3-7-15(16)19(24)22-11-5-6-12-22/h3-4,7-10,13,21H,2,5-6,11-12H2,1H3. The molecule has 1 aromatic heterocycles. The predicted molar refractivity (Wildman–Crippen MR) is 114 cm³/mol. The number of hydrogen-bond donors (Lipinski definition) is 1. The minimum Gasteiger partial charge on any atom is -0.339 e. The van der Waals surface area contributed by atoms with Crippen LogP contribution in [0.4, 0.5) is 5.69 Å². The molecular formula is C20H21N3O4S2. The number of carbonyl (C=O) groups is 1. The van der Waals surface area contributed by atoms with E-state index in [1.165, 1.54) is 12.1 Å². The second-order valence-electron chi connectivity index (χ2n) is 6.89. The number of aryl methyl sites for hydroxylation is 1. The van der Waals surface area contributed by atoms with Crippen LogP contribution in [0.3, 0.4) is 0 Å². The molecule has 0 spiro atoms. The van der Waals surface area contributed by atoms with E-state index >= 15 is 0 Å². The lowest BCUT2D eigenvalue weighted by atomic mass is 10.1. The number of nitrogens with one attached hydrogen (secondary N) is 1. The Balaban J connectivity index is 1.68. The van der Waals surface area contributed by atoms with E-state index < -0.39 is 10.0 Å². The quantitative estimate of drug-likeness (QED) is 0.672. The minimum absolute atomic E-state index is 0.0536. The van der Waals surface area contributed by atoms with E-state index in [9.17, 15) is 18.0 Å². The summed E-state index contributed by atoms with van der Waals surface area (Å²) in [6.07, 6.45) is 1.92. The summed E-state index contributed by atoms with van der Waals surface area (Å²) in [6, 6.07) is 11.3. The molecule has 1 saturated heterocycles. The van der Waals surface area contributed by atoms with Gasteiger partial charge in [0.05, 0.1) is 26.4 Å². The molecule has 4 rings (SSSR count). The molecule has 3 aromatic rings. The van der Waals surface area contributed by atoms with Gasteiger partial charge in [-0.1, -0.05) is 23.5 Å². The van der Waals surface area contributed by atoms with Gasteiger partial charge in [-0.25, -0.2) is 8.42 Å². The molecule has 2 aromatic carbocycles. The number of amides is 1. The number of sulfonamides is 1. The number of para-hydroxylation sites is 1. The number of benzene rings is 2. The molecule has 29 heavy (non-hydrogen) atoms. The number of aromatic nitrogens is 1. The Bertz CT molecular complexity index is 1240. The maximum Gasteiger partial charge on any atom is 0.308 e. The van der Waals surface area contributed by atoms with Crippen molar-refractivity contribution in [2.45, 2.75) is 31.2 Å². The monoisotopic (exact) mass is 431 g/mol. The van der Waals surface area contributed by atoms with Gasteiger partial charge in [0.15, 0.2) is 0 Å². The fourth-order valence-electron chi connectivity index (χ4n) is 3.57. The molecule has 1 aliphatic rings. The van der Waals surface area contributed by atoms with Crippen LogP contribution < -0.4 is 9.60 Å². The van der Waals surface area contributed by atoms with Crippen molar-refractivity contribution in [1.29, 1.82) is 0 Å². The van der Waals surface area contributed by atoms with Crippen molar-refractivity contribution >= 4 is 43.2 Å². The number of nitrogens with zero attached hydrogens (tertiary/aromatic N) is 2. The summed E-state index contributed by atoms with van der Waals surface area (Å²) in [4.78, 5) is 26.5. The largest absolute Gasteiger partial charge is 0.339 e. The molecule has 152 valence electrons. The van der Waals surface area contributed by atoms with Gasteiger partial charge in [0, 0.05) is 19.6 Å². The van der Waals surface area contributed by atoms with Crippen molar-refractivity contribution in [2.24, 2.45) is 0 Å². The highest BCUT2D eigenvalue weighted by atomic mass is 32.2. The van der Waals surface area contributed by atoms with Gasteiger partial charge in [0.1, 0.15) is 0 Å². The summed E-state index contributed by atoms with van der Waals surface area (Å²) >= 11 is 1.02. The van der Waals surface area contributed by atoms with Gasteiger partial charge in [-0.15, -0.1) is 0 Å². The molecular weight excluding hydrogens is 410 g/mol. The minimum atomic E-state index is -3.92. The number of hydrogen-bond acceptors (Lipinski definition) is 5. The van der Waals surface area contributed by atoms with E-state index in [2.05, 4.69) is 4.72 Å². The Hall–Kier alpha value is -2.65. The molecule has 1 N–H and O–H groups in total. The first-order valence-electron chi connectivity index (χ1n) is 9.45. The van der Waals surface area contributed by atoms with Crippen LogP contribution in [-0.4, -0.2) is 36.9 Å². The predicted octanol–water partition coefficient (Wildman–Crippen LogP) is 3.12. The van der Waals surface area contributed by atoms with Gasteiger partial charge in [-0.05, 0) is 50.1 Å². The van der Waals surface area contributed by atoms with Crippen LogP contribution in [0.25, 0.3) is 10.2 Å². The molecule has 0 saturated carbocycles. The summed E-state index contributed by atoms with van der Waals surface area (Å²) in [7, 11) is -3.92. The Morgan fingerprint density at radius 3 is 2.59 bits per heavy atom. The lowest BCUT2D eigenvalue weighted by molar-refractivity contribution is 0.0794. The zero-order valence-electron chi connectivity index (χ0n) is 15.9. The van der Waals surface area contributed by atoms with E-state index in [4.69, 9.17) is 0 Å². The molecule has 1 amide bonds. The molecule has 1 fully saturated rings. The van der Waals surface area contributed by atoms with Crippen LogP contribution in [0.1, 0.15) is 30.1 Å². The normalized spacial score (nSPS) is 14.4. The molecule has 9 heteroatoms. The summed E-state index contributed by atoms with van der Waals surface area (Å²) < 4.78 is 30.7. The first-order chi connectivity index (χ1) is 13.9. The highest BCUT2D eigenvalue weighted by molar-refractivity contribution is 7.92. The Kier molecular flexibility index (Phi) is 5.18. The van der Waals surface area contributed by atoms with Crippen molar-refractivity contribution in [3.8, 4) is 0 Å². The van der Waals surface area contributed by atoms with E-state index in [0.29, 0.717) is 35.4 Å². The summed E-state index contributed by atoms with van der Waals surface area (Å²) in [5, 5.41) is 0. The van der Waals surface area contributed by atoms with Gasteiger partial charge in [0.2, 0.25) is 0 Å². The highest BCUT2D eigenvalue weighted by Crippen LogP contribution is 2.26. The van der Waals surface area contributed by atoms with Gasteiger partial charge in [-0.2, -0.15) is 0 Å². The van der Waals surface area contributed by atoms with Crippen molar-refractivity contribution in [3.05, 3.63) is 57.7 Å². The third-order valence-corrected chi connectivity index (χ3v) is 7.37. The number of thiazole rings is 1. The third-order valence-electron chi connectivity index (χ3n) is 5.06. The Morgan fingerprint density at radius 1 is 1.14 bits per heavy atom. The first-order valence-corrected chi connectivity index (χ1v) is 11.7. The Labute approximate surface area is 172 Å². The van der Waals surface area contributed by atoms with Crippen LogP contribution >= 0.6 is 11.3 Å². The number of rotatable bonds is 5. The SMILES string of the molecule is CCn1c(=O)sc2cc(S(=O)(=O)Nc3ccccc3C(=O)N3CCCC3)ccc21. The van der Waals surface area contributed by atoms with Crippen LogP contribution in [0, 0.1) is 0 Å². The second-order valence-corrected chi connectivity index (χ2v) is 9.57. The number of likely N-dealkylation sites (tertiary alicyclic amines) is 1. The van der Waals surface area contributed by atoms with Gasteiger partial charge >= 0.3 is 4.87 Å². The van der Waals surface area contributed by atoms with Crippen LogP contribution in [-0.2, 0) is 16.6 Å². The van der Waals surface area contributed by atoms with Crippen LogP contribution in [0.5, 0.6) is 0 Å². The number of carbonyl (C=O) groups excluding carboxylic acids is 1. The molecule has 0 atom stereocenters. The first kappa shape index (κ1) is 19.7. The van der Waals surface area contributed by atoms with Gasteiger partial charge in [0.25, 0.3) is 15.9 Å². The summed E-state index contributed by atoms with van der Waals surface area (Å²) in [5.74, 6) is -0.172. The molecule has 0 unspecified atom stereocenters. The van der Waals surface area contributed by atoms with Crippen molar-refractivity contribution in [3.63, 3.8) is 0 Å². The van der Waals surface area contributed by atoms with Gasteiger partial charge in [-0.3, -0.25) is 18.9 Å². The van der Waals surface area contributed by atoms with Crippen LogP contribution in [0.15, 0.2) is 52.2 Å². The zero-order chi connectivity index (χ0) is 20.6. The lowest BCUT2D eigenvalue weighted by Gasteiger charge is -2.18. The van der Waals surface area contributed by atoms with E-state index in [0.717, 1.165) is 24.2 Å². The number of anilines is 1. The third kappa shape index (κ3) is 3.67. The molecule has 0 aliphatic carbocycles. The maximum atomic E-state index is 13.0. The van der Waals surface area contributed by atoms with E-state index in [-0.39, 0.29) is 21.4 Å². The average molecular weight is 432 g/mol. The highest BCUT2D eigenvalue weighted by Gasteiger charge is 2.24. The Morgan fingerprint density at radius 2 is 1.86 bits per heavy atom. The van der Waals surface area contributed by atoms with Crippen LogP contribution in [0.2, 0.25) is 0 Å². The van der Waals surface area contributed by atoms with Gasteiger partial charge < -0.3 is 4.90 Å². The average Bonchev–Trinajstić information content (AvgIpc) is 3.34. The van der Waals surface area contributed by atoms with Crippen molar-refractivity contribution < 1.29 is 13.2 Å². The summed E-state index contributed by atoms with van der Waals surface area (Å²) in [6.45, 7) is 3.76. The maximum absolute atomic E-state index is 13.0. The zero-order valence-corrected chi connectivity index (χ0v) is 17.6. The van der Waals surface area contributed by atoms with Crippen molar-refractivity contribution in [2.75, 3.05) is 17.8 Å². The molecule has 1 aliphatic heterocycles. The summed E-state index contributed by atoms with van der Waals surface area (Å²) in [5.41, 5.74) is 1.30. The topological polar surface area (TPSA) is 88.5 Å².